The van der Waals surface area contributed by atoms with Crippen LogP contribution in [0.2, 0.25) is 0 Å². The van der Waals surface area contributed by atoms with Crippen molar-refractivity contribution >= 4 is 35.8 Å². The molecule has 1 unspecified atom stereocenters. The van der Waals surface area contributed by atoms with Gasteiger partial charge in [-0.1, -0.05) is 0 Å². The molecule has 0 aromatic heterocycles. The van der Waals surface area contributed by atoms with Gasteiger partial charge < -0.3 is 10.2 Å². The fraction of sp³-hybridized carbons (Fsp3) is 0.286. The van der Waals surface area contributed by atoms with Crippen LogP contribution in [0.5, 0.6) is 0 Å². The third-order valence-corrected chi connectivity index (χ3v) is 5.68. The second-order valence-electron chi connectivity index (χ2n) is 7.53. The topological polar surface area (TPSA) is 76.4 Å². The summed E-state index contributed by atoms with van der Waals surface area (Å²) < 4.78 is 54.8. The van der Waals surface area contributed by atoms with Crippen molar-refractivity contribution in [2.45, 2.75) is 31.1 Å². The van der Waals surface area contributed by atoms with Crippen molar-refractivity contribution in [2.75, 3.05) is 16.8 Å². The van der Waals surface area contributed by atoms with Crippen molar-refractivity contribution in [1.29, 1.82) is 5.26 Å². The Bertz CT molecular complexity index is 1140. The first-order valence-corrected chi connectivity index (χ1v) is 9.80. The number of nitriles is 1. The Hall–Kier alpha value is -3.26. The maximum atomic E-state index is 14.5. The van der Waals surface area contributed by atoms with Gasteiger partial charge in [0, 0.05) is 18.4 Å². The van der Waals surface area contributed by atoms with Crippen LogP contribution in [0.3, 0.4) is 0 Å². The SMILES string of the molecule is CNC(=O)c1ccc(N2C(S)N(c3ccc(C#N)c(C(F)(F)F)c3)C(=O)C2(C)C)cc1F. The molecule has 2 amide bonds. The molecule has 1 saturated heterocycles. The van der Waals surface area contributed by atoms with Crippen LogP contribution < -0.4 is 15.1 Å². The van der Waals surface area contributed by atoms with Crippen LogP contribution in [0.1, 0.15) is 35.3 Å². The molecule has 0 radical (unpaired) electrons. The highest BCUT2D eigenvalue weighted by Gasteiger charge is 2.51. The smallest absolute Gasteiger partial charge is 0.355 e. The molecular weight excluding hydrogens is 448 g/mol. The van der Waals surface area contributed by atoms with Crippen molar-refractivity contribution in [2.24, 2.45) is 0 Å². The van der Waals surface area contributed by atoms with Crippen LogP contribution in [0.4, 0.5) is 28.9 Å². The molecule has 2 aromatic rings. The molecule has 11 heteroatoms. The van der Waals surface area contributed by atoms with Gasteiger partial charge in [-0.05, 0) is 50.2 Å². The molecule has 1 atom stereocenters. The van der Waals surface area contributed by atoms with Crippen LogP contribution in [0, 0.1) is 17.1 Å². The van der Waals surface area contributed by atoms with E-state index >= 15 is 0 Å². The summed E-state index contributed by atoms with van der Waals surface area (Å²) in [5.74, 6) is -2.04. The second-order valence-corrected chi connectivity index (χ2v) is 8.00. The Morgan fingerprint density at radius 3 is 2.34 bits per heavy atom. The summed E-state index contributed by atoms with van der Waals surface area (Å²) in [7, 11) is 1.35. The number of rotatable bonds is 3. The first-order valence-electron chi connectivity index (χ1n) is 9.28. The Morgan fingerprint density at radius 2 is 1.81 bits per heavy atom. The van der Waals surface area contributed by atoms with Gasteiger partial charge in [0.25, 0.3) is 11.8 Å². The molecular formula is C21H18F4N4O2S. The average molecular weight is 466 g/mol. The van der Waals surface area contributed by atoms with Gasteiger partial charge in [0.1, 0.15) is 11.4 Å². The zero-order chi connectivity index (χ0) is 24.0. The third kappa shape index (κ3) is 3.75. The summed E-state index contributed by atoms with van der Waals surface area (Å²) in [5, 5.41) is 11.3. The van der Waals surface area contributed by atoms with Gasteiger partial charge in [-0.25, -0.2) is 4.39 Å². The van der Waals surface area contributed by atoms with Gasteiger partial charge in [-0.15, -0.1) is 12.6 Å². The van der Waals surface area contributed by atoms with Crippen molar-refractivity contribution < 1.29 is 27.2 Å². The monoisotopic (exact) mass is 466 g/mol. The van der Waals surface area contributed by atoms with Crippen LogP contribution in [0.15, 0.2) is 36.4 Å². The minimum absolute atomic E-state index is 0.112. The first kappa shape index (κ1) is 23.4. The van der Waals surface area contributed by atoms with Gasteiger partial charge in [0.15, 0.2) is 5.50 Å². The number of hydrogen-bond acceptors (Lipinski definition) is 5. The molecule has 1 aliphatic heterocycles. The molecule has 0 saturated carbocycles. The molecule has 32 heavy (non-hydrogen) atoms. The fourth-order valence-electron chi connectivity index (χ4n) is 3.60. The van der Waals surface area contributed by atoms with E-state index < -0.39 is 46.0 Å². The van der Waals surface area contributed by atoms with Crippen molar-refractivity contribution in [1.82, 2.24) is 5.32 Å². The Morgan fingerprint density at radius 1 is 1.19 bits per heavy atom. The minimum atomic E-state index is -4.80. The largest absolute Gasteiger partial charge is 0.417 e. The molecule has 2 aromatic carbocycles. The summed E-state index contributed by atoms with van der Waals surface area (Å²) in [5.41, 5.74) is -4.25. The van der Waals surface area contributed by atoms with Gasteiger partial charge in [-0.3, -0.25) is 14.5 Å². The molecule has 0 spiro atoms. The molecule has 0 aliphatic carbocycles. The number of alkyl halides is 3. The Balaban J connectivity index is 2.08. The van der Waals surface area contributed by atoms with Crippen molar-refractivity contribution in [3.8, 4) is 6.07 Å². The standard InChI is InChI=1S/C21H18F4N4O2S/c1-20(2)18(31)28(12-5-4-11(10-26)15(8-12)21(23,24)25)19(32)29(20)13-6-7-14(16(22)9-13)17(30)27-3/h4-9,19,32H,1-3H3,(H,27,30). The van der Waals surface area contributed by atoms with Crippen LogP contribution in [0.25, 0.3) is 0 Å². The van der Waals surface area contributed by atoms with E-state index in [9.17, 15) is 27.2 Å². The van der Waals surface area contributed by atoms with E-state index in [2.05, 4.69) is 17.9 Å². The molecule has 1 fully saturated rings. The van der Waals surface area contributed by atoms with Gasteiger partial charge in [0.05, 0.1) is 22.8 Å². The lowest BCUT2D eigenvalue weighted by atomic mass is 10.0. The van der Waals surface area contributed by atoms with E-state index in [0.717, 1.165) is 17.0 Å². The van der Waals surface area contributed by atoms with Gasteiger partial charge in [-0.2, -0.15) is 18.4 Å². The van der Waals surface area contributed by atoms with Crippen molar-refractivity contribution in [3.05, 3.63) is 58.9 Å². The molecule has 0 bridgehead atoms. The maximum absolute atomic E-state index is 14.5. The zero-order valence-electron chi connectivity index (χ0n) is 17.2. The number of nitrogens with zero attached hydrogens (tertiary/aromatic N) is 3. The summed E-state index contributed by atoms with van der Waals surface area (Å²) in [4.78, 5) is 27.4. The summed E-state index contributed by atoms with van der Waals surface area (Å²) in [6.45, 7) is 3.05. The van der Waals surface area contributed by atoms with E-state index in [4.69, 9.17) is 5.26 Å². The lowest BCUT2D eigenvalue weighted by molar-refractivity contribution is -0.137. The van der Waals surface area contributed by atoms with Gasteiger partial charge >= 0.3 is 6.18 Å². The maximum Gasteiger partial charge on any atom is 0.417 e. The molecule has 6 nitrogen and oxygen atoms in total. The third-order valence-electron chi connectivity index (χ3n) is 5.22. The highest BCUT2D eigenvalue weighted by molar-refractivity contribution is 7.81. The minimum Gasteiger partial charge on any atom is -0.355 e. The molecule has 1 heterocycles. The number of carbonyl (C=O) groups is 2. The van der Waals surface area contributed by atoms with E-state index in [1.807, 2.05) is 0 Å². The average Bonchev–Trinajstić information content (AvgIpc) is 2.90. The van der Waals surface area contributed by atoms with Crippen LogP contribution in [-0.2, 0) is 11.0 Å². The summed E-state index contributed by atoms with van der Waals surface area (Å²) in [6.07, 6.45) is -4.80. The number of thiol groups is 1. The highest BCUT2D eigenvalue weighted by atomic mass is 32.1. The number of carbonyl (C=O) groups excluding carboxylic acids is 2. The molecule has 3 rings (SSSR count). The van der Waals surface area contributed by atoms with Crippen LogP contribution >= 0.6 is 12.6 Å². The number of benzene rings is 2. The van der Waals surface area contributed by atoms with E-state index in [1.54, 1.807) is 0 Å². The summed E-state index contributed by atoms with van der Waals surface area (Å²) >= 11 is 4.44. The first-order chi connectivity index (χ1) is 14.8. The molecule has 168 valence electrons. The predicted octanol–water partition coefficient (Wildman–Crippen LogP) is 3.92. The molecule has 1 N–H and O–H groups in total. The summed E-state index contributed by atoms with van der Waals surface area (Å²) in [6, 6.07) is 8.15. The Labute approximate surface area is 186 Å². The predicted molar refractivity (Wildman–Crippen MR) is 113 cm³/mol. The lowest BCUT2D eigenvalue weighted by Gasteiger charge is -2.33. The quantitative estimate of drug-likeness (QED) is 0.531. The number of amides is 2. The Kier molecular flexibility index (Phi) is 5.86. The van der Waals surface area contributed by atoms with E-state index in [0.29, 0.717) is 6.07 Å². The normalized spacial score (nSPS) is 18.0. The van der Waals surface area contributed by atoms with Gasteiger partial charge in [0.2, 0.25) is 0 Å². The number of anilines is 2. The highest BCUT2D eigenvalue weighted by Crippen LogP contribution is 2.42. The lowest BCUT2D eigenvalue weighted by Crippen LogP contribution is -2.45. The zero-order valence-corrected chi connectivity index (χ0v) is 18.1. The van der Waals surface area contributed by atoms with Crippen molar-refractivity contribution in [3.63, 3.8) is 0 Å². The number of halogens is 4. The van der Waals surface area contributed by atoms with E-state index in [-0.39, 0.29) is 16.9 Å². The van der Waals surface area contributed by atoms with Crippen LogP contribution in [-0.4, -0.2) is 29.9 Å². The number of nitrogens with one attached hydrogen (secondary N) is 1. The number of hydrogen-bond donors (Lipinski definition) is 2. The second kappa shape index (κ2) is 8.02. The fourth-order valence-corrected chi connectivity index (χ4v) is 4.26. The molecule has 1 aliphatic rings. The van der Waals surface area contributed by atoms with E-state index in [1.165, 1.54) is 50.1 Å².